The van der Waals surface area contributed by atoms with Gasteiger partial charge in [0, 0.05) is 0 Å². The lowest BCUT2D eigenvalue weighted by Gasteiger charge is -2.31. The predicted molar refractivity (Wildman–Crippen MR) is 76.4 cm³/mol. The molecule has 1 aromatic rings. The molecule has 1 rings (SSSR count). The van der Waals surface area contributed by atoms with Crippen LogP contribution in [-0.4, -0.2) is 13.1 Å². The molecule has 1 aromatic carbocycles. The Morgan fingerprint density at radius 2 is 1.71 bits per heavy atom. The summed E-state index contributed by atoms with van der Waals surface area (Å²) in [4.78, 5) is 0. The van der Waals surface area contributed by atoms with Gasteiger partial charge in [0.15, 0.2) is 0 Å². The number of nitrogens with one attached hydrogen (secondary N) is 1. The first-order valence-electron chi connectivity index (χ1n) is 6.69. The van der Waals surface area contributed by atoms with Gasteiger partial charge in [-0.05, 0) is 43.3 Å². The second-order valence-corrected chi connectivity index (χ2v) is 6.06. The minimum absolute atomic E-state index is 0.354. The lowest BCUT2D eigenvalue weighted by molar-refractivity contribution is 0.232. The molecule has 0 heterocycles. The van der Waals surface area contributed by atoms with Gasteiger partial charge >= 0.3 is 0 Å². The van der Waals surface area contributed by atoms with E-state index in [0.29, 0.717) is 11.3 Å². The van der Waals surface area contributed by atoms with Crippen LogP contribution in [0.1, 0.15) is 38.8 Å². The maximum Gasteiger partial charge on any atom is -0.00124 e. The largest absolute Gasteiger partial charge is 0.317 e. The van der Waals surface area contributed by atoms with Gasteiger partial charge in [-0.1, -0.05) is 57.5 Å². The van der Waals surface area contributed by atoms with Gasteiger partial charge in [-0.25, -0.2) is 0 Å². The molecule has 1 N–H and O–H groups in total. The molecule has 0 fully saturated rings. The molecule has 0 aliphatic heterocycles. The van der Waals surface area contributed by atoms with Crippen molar-refractivity contribution in [2.75, 3.05) is 13.1 Å². The Hall–Kier alpha value is -0.820. The number of hydrogen-bond donors (Lipinski definition) is 1. The fourth-order valence-electron chi connectivity index (χ4n) is 2.01. The molecule has 17 heavy (non-hydrogen) atoms. The zero-order chi connectivity index (χ0) is 12.9. The van der Waals surface area contributed by atoms with E-state index >= 15 is 0 Å². The van der Waals surface area contributed by atoms with Gasteiger partial charge in [0.05, 0.1) is 0 Å². The van der Waals surface area contributed by atoms with Crippen LogP contribution in [0.3, 0.4) is 0 Å². The topological polar surface area (TPSA) is 12.0 Å². The van der Waals surface area contributed by atoms with E-state index in [2.05, 4.69) is 64.2 Å². The average Bonchev–Trinajstić information content (AvgIpc) is 2.25. The summed E-state index contributed by atoms with van der Waals surface area (Å²) in [5.41, 5.74) is 3.15. The molecule has 1 unspecified atom stereocenters. The number of benzene rings is 1. The van der Waals surface area contributed by atoms with Crippen molar-refractivity contribution >= 4 is 0 Å². The summed E-state index contributed by atoms with van der Waals surface area (Å²) < 4.78 is 0. The molecule has 0 bridgehead atoms. The fraction of sp³-hybridized carbons (Fsp3) is 0.625. The SMILES string of the molecule is CCNCC(Cc1ccc(C)cc1)C(C)(C)C. The number of aryl methyl sites for hydroxylation is 1. The summed E-state index contributed by atoms with van der Waals surface area (Å²) in [5, 5.41) is 3.49. The normalized spacial score (nSPS) is 13.7. The fourth-order valence-corrected chi connectivity index (χ4v) is 2.01. The Morgan fingerprint density at radius 1 is 1.12 bits per heavy atom. The molecule has 0 radical (unpaired) electrons. The molecular weight excluding hydrogens is 206 g/mol. The molecule has 0 saturated heterocycles. The number of rotatable bonds is 5. The van der Waals surface area contributed by atoms with Gasteiger partial charge in [-0.3, -0.25) is 0 Å². The molecule has 0 saturated carbocycles. The van der Waals surface area contributed by atoms with E-state index in [1.165, 1.54) is 11.1 Å². The van der Waals surface area contributed by atoms with Crippen LogP contribution in [0, 0.1) is 18.3 Å². The molecular formula is C16H27N. The second kappa shape index (κ2) is 6.20. The highest BCUT2D eigenvalue weighted by Crippen LogP contribution is 2.28. The summed E-state index contributed by atoms with van der Waals surface area (Å²) in [7, 11) is 0. The van der Waals surface area contributed by atoms with Crippen molar-refractivity contribution in [1.82, 2.24) is 5.32 Å². The molecule has 0 aliphatic rings. The second-order valence-electron chi connectivity index (χ2n) is 6.06. The molecule has 96 valence electrons. The standard InChI is InChI=1S/C16H27N/c1-6-17-12-15(16(3,4)5)11-14-9-7-13(2)8-10-14/h7-10,15,17H,6,11-12H2,1-5H3. The first-order chi connectivity index (χ1) is 7.93. The van der Waals surface area contributed by atoms with Gasteiger partial charge in [-0.2, -0.15) is 0 Å². The van der Waals surface area contributed by atoms with E-state index in [1.54, 1.807) is 0 Å². The Kier molecular flexibility index (Phi) is 5.20. The third-order valence-corrected chi connectivity index (χ3v) is 3.47. The van der Waals surface area contributed by atoms with Crippen molar-refractivity contribution in [3.05, 3.63) is 35.4 Å². The highest BCUT2D eigenvalue weighted by Gasteiger charge is 2.24. The van der Waals surface area contributed by atoms with Gasteiger partial charge in [0.25, 0.3) is 0 Å². The Balaban J connectivity index is 2.68. The summed E-state index contributed by atoms with van der Waals surface area (Å²) >= 11 is 0. The van der Waals surface area contributed by atoms with Crippen LogP contribution in [0.2, 0.25) is 0 Å². The zero-order valence-corrected chi connectivity index (χ0v) is 12.0. The molecule has 1 heteroatoms. The van der Waals surface area contributed by atoms with Crippen molar-refractivity contribution in [3.8, 4) is 0 Å². The van der Waals surface area contributed by atoms with Crippen LogP contribution in [0.4, 0.5) is 0 Å². The van der Waals surface area contributed by atoms with Crippen LogP contribution in [0.15, 0.2) is 24.3 Å². The highest BCUT2D eigenvalue weighted by molar-refractivity contribution is 5.22. The van der Waals surface area contributed by atoms with Crippen molar-refractivity contribution < 1.29 is 0 Å². The number of hydrogen-bond acceptors (Lipinski definition) is 1. The molecule has 1 atom stereocenters. The van der Waals surface area contributed by atoms with E-state index < -0.39 is 0 Å². The van der Waals surface area contributed by atoms with Crippen LogP contribution in [-0.2, 0) is 6.42 Å². The molecule has 0 aromatic heterocycles. The van der Waals surface area contributed by atoms with E-state index in [9.17, 15) is 0 Å². The van der Waals surface area contributed by atoms with Crippen molar-refractivity contribution in [2.45, 2.75) is 41.0 Å². The van der Waals surface area contributed by atoms with Crippen molar-refractivity contribution in [2.24, 2.45) is 11.3 Å². The maximum absolute atomic E-state index is 3.49. The van der Waals surface area contributed by atoms with Crippen LogP contribution in [0.5, 0.6) is 0 Å². The van der Waals surface area contributed by atoms with E-state index in [1.807, 2.05) is 0 Å². The van der Waals surface area contributed by atoms with Gasteiger partial charge < -0.3 is 5.32 Å². The lowest BCUT2D eigenvalue weighted by atomic mass is 9.77. The molecule has 0 amide bonds. The molecule has 0 spiro atoms. The van der Waals surface area contributed by atoms with Gasteiger partial charge in [0.1, 0.15) is 0 Å². The van der Waals surface area contributed by atoms with Crippen LogP contribution >= 0.6 is 0 Å². The summed E-state index contributed by atoms with van der Waals surface area (Å²) in [6.07, 6.45) is 1.16. The predicted octanol–water partition coefficient (Wildman–Crippen LogP) is 3.81. The van der Waals surface area contributed by atoms with E-state index in [0.717, 1.165) is 19.5 Å². The summed E-state index contributed by atoms with van der Waals surface area (Å²) in [6, 6.07) is 8.95. The highest BCUT2D eigenvalue weighted by atomic mass is 14.8. The van der Waals surface area contributed by atoms with E-state index in [-0.39, 0.29) is 0 Å². The van der Waals surface area contributed by atoms with Gasteiger partial charge in [0.2, 0.25) is 0 Å². The van der Waals surface area contributed by atoms with Crippen molar-refractivity contribution in [3.63, 3.8) is 0 Å². The summed E-state index contributed by atoms with van der Waals surface area (Å²) in [6.45, 7) is 13.5. The minimum atomic E-state index is 0.354. The molecule has 1 nitrogen and oxygen atoms in total. The quantitative estimate of drug-likeness (QED) is 0.815. The van der Waals surface area contributed by atoms with Gasteiger partial charge in [-0.15, -0.1) is 0 Å². The summed E-state index contributed by atoms with van der Waals surface area (Å²) in [5.74, 6) is 0.685. The van der Waals surface area contributed by atoms with Crippen LogP contribution in [0.25, 0.3) is 0 Å². The first kappa shape index (κ1) is 14.2. The maximum atomic E-state index is 3.49. The smallest absolute Gasteiger partial charge is 0.00124 e. The lowest BCUT2D eigenvalue weighted by Crippen LogP contribution is -2.33. The monoisotopic (exact) mass is 233 g/mol. The third kappa shape index (κ3) is 4.91. The molecule has 0 aliphatic carbocycles. The first-order valence-corrected chi connectivity index (χ1v) is 6.69. The van der Waals surface area contributed by atoms with Crippen LogP contribution < -0.4 is 5.32 Å². The minimum Gasteiger partial charge on any atom is -0.317 e. The average molecular weight is 233 g/mol. The van der Waals surface area contributed by atoms with E-state index in [4.69, 9.17) is 0 Å². The Morgan fingerprint density at radius 3 is 2.18 bits per heavy atom. The Labute approximate surface area is 107 Å². The zero-order valence-electron chi connectivity index (χ0n) is 12.0. The Bertz CT molecular complexity index is 318. The van der Waals surface area contributed by atoms with Crippen molar-refractivity contribution in [1.29, 1.82) is 0 Å². The third-order valence-electron chi connectivity index (χ3n) is 3.47.